The Morgan fingerprint density at radius 3 is 2.42 bits per heavy atom. The molecule has 1 aliphatic heterocycles. The summed E-state index contributed by atoms with van der Waals surface area (Å²) in [6.45, 7) is 11.8. The van der Waals surface area contributed by atoms with Crippen LogP contribution in [0.4, 0.5) is 0 Å². The molecule has 2 aromatic rings. The molecule has 0 aliphatic carbocycles. The molecule has 3 N–H and O–H groups in total. The van der Waals surface area contributed by atoms with Gasteiger partial charge in [-0.1, -0.05) is 36.4 Å². The maximum atomic E-state index is 9.67. The summed E-state index contributed by atoms with van der Waals surface area (Å²) in [4.78, 5) is 7.17. The molecule has 1 aliphatic rings. The first-order chi connectivity index (χ1) is 15.6. The number of aliphatic hydroxyl groups is 1. The molecule has 7 heteroatoms. The predicted molar refractivity (Wildman–Crippen MR) is 146 cm³/mol. The van der Waals surface area contributed by atoms with Crippen molar-refractivity contribution < 1.29 is 9.84 Å². The number of likely N-dealkylation sites (tertiary alicyclic amines) is 1. The molecule has 3 rings (SSSR count). The Morgan fingerprint density at radius 2 is 1.76 bits per heavy atom. The van der Waals surface area contributed by atoms with Crippen molar-refractivity contribution in [1.82, 2.24) is 15.5 Å². The van der Waals surface area contributed by atoms with Crippen LogP contribution in [0, 0.1) is 6.92 Å². The minimum atomic E-state index is -0.122. The molecule has 1 saturated heterocycles. The lowest BCUT2D eigenvalue weighted by Gasteiger charge is -2.29. The summed E-state index contributed by atoms with van der Waals surface area (Å²) in [6.07, 6.45) is 1.63. The van der Waals surface area contributed by atoms with Crippen LogP contribution in [0.3, 0.4) is 0 Å². The van der Waals surface area contributed by atoms with Crippen molar-refractivity contribution in [1.29, 1.82) is 0 Å². The van der Waals surface area contributed by atoms with Gasteiger partial charge in [0.15, 0.2) is 5.96 Å². The molecule has 0 bridgehead atoms. The van der Waals surface area contributed by atoms with E-state index in [9.17, 15) is 5.11 Å². The average molecular weight is 567 g/mol. The fourth-order valence-electron chi connectivity index (χ4n) is 3.87. The van der Waals surface area contributed by atoms with E-state index in [0.29, 0.717) is 19.7 Å². The summed E-state index contributed by atoms with van der Waals surface area (Å²) in [7, 11) is 0. The smallest absolute Gasteiger partial charge is 0.191 e. The summed E-state index contributed by atoms with van der Waals surface area (Å²) in [5, 5.41) is 16.4. The van der Waals surface area contributed by atoms with Gasteiger partial charge in [0.25, 0.3) is 0 Å². The minimum absolute atomic E-state index is 0. The van der Waals surface area contributed by atoms with Crippen molar-refractivity contribution in [3.05, 3.63) is 64.7 Å². The monoisotopic (exact) mass is 566 g/mol. The highest BCUT2D eigenvalue weighted by Gasteiger charge is 2.16. The second-order valence-electron chi connectivity index (χ2n) is 8.42. The maximum absolute atomic E-state index is 9.67. The van der Waals surface area contributed by atoms with Crippen LogP contribution in [0.25, 0.3) is 0 Å². The molecule has 182 valence electrons. The number of nitrogens with zero attached hydrogens (tertiary/aromatic N) is 2. The molecule has 33 heavy (non-hydrogen) atoms. The van der Waals surface area contributed by atoms with Gasteiger partial charge in [-0.05, 0) is 56.4 Å². The lowest BCUT2D eigenvalue weighted by Crippen LogP contribution is -2.36. The van der Waals surface area contributed by atoms with Gasteiger partial charge < -0.3 is 20.5 Å². The number of hydrogen-bond donors (Lipinski definition) is 3. The van der Waals surface area contributed by atoms with Crippen molar-refractivity contribution in [3.63, 3.8) is 0 Å². The fourth-order valence-corrected chi connectivity index (χ4v) is 3.87. The Bertz CT molecular complexity index is 865. The van der Waals surface area contributed by atoms with Crippen LogP contribution in [0.15, 0.2) is 47.5 Å². The zero-order valence-corrected chi connectivity index (χ0v) is 22.5. The lowest BCUT2D eigenvalue weighted by molar-refractivity contribution is 0.0792. The highest BCUT2D eigenvalue weighted by Crippen LogP contribution is 2.20. The molecule has 0 spiro atoms. The molecular formula is C26H39IN4O2. The molecule has 0 amide bonds. The van der Waals surface area contributed by atoms with Crippen LogP contribution < -0.4 is 15.4 Å². The maximum Gasteiger partial charge on any atom is 0.191 e. The van der Waals surface area contributed by atoms with E-state index < -0.39 is 0 Å². The molecule has 0 unspecified atom stereocenters. The third-order valence-electron chi connectivity index (χ3n) is 5.72. The van der Waals surface area contributed by atoms with E-state index in [4.69, 9.17) is 9.73 Å². The van der Waals surface area contributed by atoms with Crippen molar-refractivity contribution >= 4 is 29.9 Å². The first-order valence-corrected chi connectivity index (χ1v) is 11.8. The lowest BCUT2D eigenvalue weighted by atomic mass is 10.1. The number of hydrogen-bond acceptors (Lipinski definition) is 4. The fraction of sp³-hybridized carbons (Fsp3) is 0.500. The van der Waals surface area contributed by atoms with Crippen molar-refractivity contribution in [2.75, 3.05) is 26.2 Å². The largest absolute Gasteiger partial charge is 0.494 e. The molecule has 0 aromatic heterocycles. The van der Waals surface area contributed by atoms with E-state index in [-0.39, 0.29) is 30.1 Å². The average Bonchev–Trinajstić information content (AvgIpc) is 2.79. The van der Waals surface area contributed by atoms with Crippen molar-refractivity contribution in [2.24, 2.45) is 4.99 Å². The second-order valence-corrected chi connectivity index (χ2v) is 8.42. The van der Waals surface area contributed by atoms with Gasteiger partial charge in [0.1, 0.15) is 5.75 Å². The van der Waals surface area contributed by atoms with Crippen LogP contribution in [0.1, 0.15) is 48.9 Å². The van der Waals surface area contributed by atoms with Gasteiger partial charge in [0.2, 0.25) is 0 Å². The van der Waals surface area contributed by atoms with Gasteiger partial charge in [0, 0.05) is 38.3 Å². The third kappa shape index (κ3) is 9.14. The molecule has 0 radical (unpaired) electrons. The number of halogens is 1. The third-order valence-corrected chi connectivity index (χ3v) is 5.72. The second kappa shape index (κ2) is 14.4. The quantitative estimate of drug-likeness (QED) is 0.241. The van der Waals surface area contributed by atoms with E-state index in [1.807, 2.05) is 6.92 Å². The number of rotatable bonds is 9. The van der Waals surface area contributed by atoms with E-state index in [1.54, 1.807) is 0 Å². The highest BCUT2D eigenvalue weighted by atomic mass is 127. The van der Waals surface area contributed by atoms with E-state index in [0.717, 1.165) is 56.3 Å². The topological polar surface area (TPSA) is 69.1 Å². The Kier molecular flexibility index (Phi) is 12.0. The number of aliphatic imine (C=N–C) groups is 1. The number of benzene rings is 2. The zero-order chi connectivity index (χ0) is 22.8. The molecule has 0 saturated carbocycles. The summed E-state index contributed by atoms with van der Waals surface area (Å²) >= 11 is 0. The minimum Gasteiger partial charge on any atom is -0.494 e. The van der Waals surface area contributed by atoms with Crippen LogP contribution in [0.2, 0.25) is 0 Å². The van der Waals surface area contributed by atoms with Crippen LogP contribution in [0.5, 0.6) is 5.75 Å². The summed E-state index contributed by atoms with van der Waals surface area (Å²) in [5.74, 6) is 1.72. The molecular weight excluding hydrogens is 527 g/mol. The van der Waals surface area contributed by atoms with Gasteiger partial charge >= 0.3 is 0 Å². The van der Waals surface area contributed by atoms with E-state index in [2.05, 4.69) is 71.8 Å². The number of aryl methyl sites for hydroxylation is 1. The van der Waals surface area contributed by atoms with E-state index >= 15 is 0 Å². The summed E-state index contributed by atoms with van der Waals surface area (Å²) in [5.41, 5.74) is 4.81. The number of piperidine rings is 1. The predicted octanol–water partition coefficient (Wildman–Crippen LogP) is 4.22. The Balaban J connectivity index is 0.00000385. The van der Waals surface area contributed by atoms with Gasteiger partial charge in [-0.2, -0.15) is 0 Å². The SMILES string of the molecule is CCNC(=NCc1ccc(CN2CCC(O)CC2)cc1)NCc1ccc(C)cc1OCC.I. The van der Waals surface area contributed by atoms with Crippen LogP contribution in [-0.4, -0.2) is 48.3 Å². The number of aliphatic hydroxyl groups excluding tert-OH is 1. The standard InChI is InChI=1S/C26H38N4O2.HI/c1-4-27-26(29-18-23-11-6-20(3)16-25(23)32-5-2)28-17-21-7-9-22(10-8-21)19-30-14-12-24(31)13-15-30;/h6-11,16,24,31H,4-5,12-15,17-19H2,1-3H3,(H2,27,28,29);1H. The zero-order valence-electron chi connectivity index (χ0n) is 20.1. The molecule has 1 fully saturated rings. The molecule has 1 heterocycles. The molecule has 0 atom stereocenters. The normalized spacial score (nSPS) is 15.1. The molecule has 6 nitrogen and oxygen atoms in total. The Hall–Kier alpha value is -1.84. The molecule has 2 aromatic carbocycles. The van der Waals surface area contributed by atoms with Crippen LogP contribution in [-0.2, 0) is 19.6 Å². The van der Waals surface area contributed by atoms with Crippen molar-refractivity contribution in [2.45, 2.75) is 59.4 Å². The van der Waals surface area contributed by atoms with Gasteiger partial charge in [0.05, 0.1) is 19.3 Å². The number of nitrogens with one attached hydrogen (secondary N) is 2. The summed E-state index contributed by atoms with van der Waals surface area (Å²) in [6, 6.07) is 15.0. The Labute approximate surface area is 215 Å². The van der Waals surface area contributed by atoms with E-state index in [1.165, 1.54) is 16.7 Å². The van der Waals surface area contributed by atoms with Gasteiger partial charge in [-0.15, -0.1) is 24.0 Å². The van der Waals surface area contributed by atoms with Crippen LogP contribution >= 0.6 is 24.0 Å². The van der Waals surface area contributed by atoms with Gasteiger partial charge in [-0.25, -0.2) is 4.99 Å². The number of guanidine groups is 1. The van der Waals surface area contributed by atoms with Gasteiger partial charge in [-0.3, -0.25) is 4.90 Å². The first kappa shape index (κ1) is 27.4. The number of ether oxygens (including phenoxy) is 1. The van der Waals surface area contributed by atoms with Crippen molar-refractivity contribution in [3.8, 4) is 5.75 Å². The highest BCUT2D eigenvalue weighted by molar-refractivity contribution is 14.0. The first-order valence-electron chi connectivity index (χ1n) is 11.8. The summed E-state index contributed by atoms with van der Waals surface area (Å²) < 4.78 is 5.79. The Morgan fingerprint density at radius 1 is 1.06 bits per heavy atom.